The van der Waals surface area contributed by atoms with Crippen LogP contribution < -0.4 is 15.4 Å². The van der Waals surface area contributed by atoms with Crippen molar-refractivity contribution in [2.45, 2.75) is 68.9 Å². The first-order valence-corrected chi connectivity index (χ1v) is 11.4. The van der Waals surface area contributed by atoms with Crippen molar-refractivity contribution in [2.75, 3.05) is 32.2 Å². The number of nitrogens with zero attached hydrogens (tertiary/aromatic N) is 1. The number of aliphatic hydroxyl groups excluding tert-OH is 1. The Morgan fingerprint density at radius 1 is 1.22 bits per heavy atom. The lowest BCUT2D eigenvalue weighted by Crippen LogP contribution is -2.58. The summed E-state index contributed by atoms with van der Waals surface area (Å²) in [5, 5.41) is 16.3. The van der Waals surface area contributed by atoms with Crippen LogP contribution in [-0.2, 0) is 14.3 Å². The Kier molecular flexibility index (Phi) is 7.49. The van der Waals surface area contributed by atoms with Crippen LogP contribution in [0.25, 0.3) is 0 Å². The minimum atomic E-state index is -0.780. The lowest BCUT2D eigenvalue weighted by molar-refractivity contribution is -0.150. The maximum absolute atomic E-state index is 13.2. The number of β-amino-alcohol motifs (C(OH)–C–C–N with tert-alkyl or cyclic N) is 1. The number of aliphatic hydroxyl groups is 1. The van der Waals surface area contributed by atoms with Crippen molar-refractivity contribution in [1.29, 1.82) is 0 Å². The second-order valence-electron chi connectivity index (χ2n) is 8.85. The zero-order chi connectivity index (χ0) is 22.5. The van der Waals surface area contributed by atoms with E-state index in [4.69, 9.17) is 14.2 Å². The van der Waals surface area contributed by atoms with Gasteiger partial charge in [0.15, 0.2) is 0 Å². The van der Waals surface area contributed by atoms with Crippen LogP contribution in [0.5, 0.6) is 5.75 Å². The Morgan fingerprint density at radius 2 is 2.06 bits per heavy atom. The Bertz CT molecular complexity index is 802. The third kappa shape index (κ3) is 5.70. The number of hydrogen-bond acceptors (Lipinski definition) is 6. The molecule has 4 rings (SSSR count). The van der Waals surface area contributed by atoms with Crippen LogP contribution in [0.3, 0.4) is 0 Å². The predicted octanol–water partition coefficient (Wildman–Crippen LogP) is 1.90. The molecule has 32 heavy (non-hydrogen) atoms. The van der Waals surface area contributed by atoms with Crippen LogP contribution in [0.2, 0.25) is 0 Å². The minimum Gasteiger partial charge on any atom is -0.497 e. The number of hydrogen-bond donors (Lipinski definition) is 3. The maximum Gasteiger partial charge on any atom is 0.322 e. The van der Waals surface area contributed by atoms with E-state index in [1.165, 1.54) is 6.42 Å². The van der Waals surface area contributed by atoms with Gasteiger partial charge in [-0.3, -0.25) is 4.79 Å². The second-order valence-corrected chi connectivity index (χ2v) is 8.85. The van der Waals surface area contributed by atoms with Gasteiger partial charge in [-0.1, -0.05) is 6.07 Å². The van der Waals surface area contributed by atoms with Crippen molar-refractivity contribution < 1.29 is 28.9 Å². The zero-order valence-corrected chi connectivity index (χ0v) is 18.5. The summed E-state index contributed by atoms with van der Waals surface area (Å²) in [6, 6.07) is 6.89. The topological polar surface area (TPSA) is 109 Å². The Hall–Kier alpha value is -2.36. The summed E-state index contributed by atoms with van der Waals surface area (Å²) in [5.74, 6) is 0.666. The van der Waals surface area contributed by atoms with E-state index >= 15 is 0 Å². The Morgan fingerprint density at radius 3 is 2.81 bits per heavy atom. The van der Waals surface area contributed by atoms with Gasteiger partial charge in [-0.05, 0) is 44.2 Å². The van der Waals surface area contributed by atoms with Crippen molar-refractivity contribution in [3.8, 4) is 5.75 Å². The molecule has 0 radical (unpaired) electrons. The second kappa shape index (κ2) is 10.5. The molecule has 2 heterocycles. The molecule has 0 spiro atoms. The molecular weight excluding hydrogens is 414 g/mol. The van der Waals surface area contributed by atoms with E-state index in [-0.39, 0.29) is 49.9 Å². The molecule has 3 aliphatic rings. The van der Waals surface area contributed by atoms with Crippen molar-refractivity contribution in [3.63, 3.8) is 0 Å². The van der Waals surface area contributed by atoms with Crippen molar-refractivity contribution in [3.05, 3.63) is 24.3 Å². The first-order valence-electron chi connectivity index (χ1n) is 11.4. The van der Waals surface area contributed by atoms with Gasteiger partial charge in [0, 0.05) is 17.8 Å². The normalized spacial score (nSPS) is 28.5. The summed E-state index contributed by atoms with van der Waals surface area (Å²) in [5.41, 5.74) is 0.612. The van der Waals surface area contributed by atoms with Crippen LogP contribution >= 0.6 is 0 Å². The summed E-state index contributed by atoms with van der Waals surface area (Å²) in [6.07, 6.45) is 3.60. The lowest BCUT2D eigenvalue weighted by atomic mass is 9.92. The van der Waals surface area contributed by atoms with E-state index in [2.05, 4.69) is 10.6 Å². The van der Waals surface area contributed by atoms with Gasteiger partial charge >= 0.3 is 6.03 Å². The largest absolute Gasteiger partial charge is 0.497 e. The van der Waals surface area contributed by atoms with Gasteiger partial charge in [-0.2, -0.15) is 0 Å². The molecule has 4 atom stereocenters. The van der Waals surface area contributed by atoms with E-state index in [9.17, 15) is 14.7 Å². The van der Waals surface area contributed by atoms with E-state index < -0.39 is 6.10 Å². The smallest absolute Gasteiger partial charge is 0.322 e. The highest BCUT2D eigenvalue weighted by Gasteiger charge is 2.40. The first kappa shape index (κ1) is 22.8. The molecule has 3 N–H and O–H groups in total. The highest BCUT2D eigenvalue weighted by atomic mass is 16.5. The van der Waals surface area contributed by atoms with Crippen LogP contribution in [0, 0.1) is 0 Å². The molecule has 2 saturated heterocycles. The van der Waals surface area contributed by atoms with Crippen molar-refractivity contribution >= 4 is 17.6 Å². The molecule has 3 amide bonds. The highest BCUT2D eigenvalue weighted by Crippen LogP contribution is 2.29. The molecule has 3 fully saturated rings. The number of urea groups is 1. The van der Waals surface area contributed by atoms with E-state index in [1.54, 1.807) is 36.3 Å². The van der Waals surface area contributed by atoms with Gasteiger partial charge < -0.3 is 34.9 Å². The predicted molar refractivity (Wildman–Crippen MR) is 118 cm³/mol. The number of amides is 3. The molecule has 1 aliphatic carbocycles. The van der Waals surface area contributed by atoms with Gasteiger partial charge in [-0.25, -0.2) is 4.79 Å². The standard InChI is InChI=1S/C23H33N3O6/c1-30-18-7-3-6-16(10-18)25-23(29)26-12-17(27)13-31-14-21-20(26)9-8-19(32-21)11-22(28)24-15-4-2-5-15/h3,6-7,10,15,17,19-21,27H,2,4-5,8-9,11-14H2,1H3,(H,24,28)(H,25,29)/t17-,19+,20+,21-/m0/s1. The Labute approximate surface area is 188 Å². The fourth-order valence-electron chi connectivity index (χ4n) is 4.52. The minimum absolute atomic E-state index is 0.0213. The lowest BCUT2D eigenvalue weighted by Gasteiger charge is -2.44. The number of benzene rings is 1. The van der Waals surface area contributed by atoms with Gasteiger partial charge in [-0.15, -0.1) is 0 Å². The third-order valence-corrected chi connectivity index (χ3v) is 6.45. The van der Waals surface area contributed by atoms with Crippen LogP contribution in [0.4, 0.5) is 10.5 Å². The number of fused-ring (bicyclic) bond motifs is 1. The van der Waals surface area contributed by atoms with E-state index in [0.29, 0.717) is 36.7 Å². The van der Waals surface area contributed by atoms with Crippen LogP contribution in [0.15, 0.2) is 24.3 Å². The van der Waals surface area contributed by atoms with Gasteiger partial charge in [0.05, 0.1) is 51.5 Å². The van der Waals surface area contributed by atoms with Crippen LogP contribution in [0.1, 0.15) is 38.5 Å². The molecule has 176 valence electrons. The molecule has 1 saturated carbocycles. The van der Waals surface area contributed by atoms with Gasteiger partial charge in [0.2, 0.25) is 5.91 Å². The summed E-state index contributed by atoms with van der Waals surface area (Å²) in [6.45, 7) is 0.543. The van der Waals surface area contributed by atoms with Crippen molar-refractivity contribution in [2.24, 2.45) is 0 Å². The average Bonchev–Trinajstić information content (AvgIpc) is 2.74. The summed E-state index contributed by atoms with van der Waals surface area (Å²) in [7, 11) is 1.57. The van der Waals surface area contributed by atoms with Crippen molar-refractivity contribution in [1.82, 2.24) is 10.2 Å². The van der Waals surface area contributed by atoms with Crippen LogP contribution in [-0.4, -0.2) is 79.2 Å². The number of rotatable bonds is 5. The molecule has 0 aromatic heterocycles. The van der Waals surface area contributed by atoms with Gasteiger partial charge in [0.25, 0.3) is 0 Å². The fourth-order valence-corrected chi connectivity index (χ4v) is 4.52. The number of methoxy groups -OCH3 is 1. The van der Waals surface area contributed by atoms with Gasteiger partial charge in [0.1, 0.15) is 11.9 Å². The maximum atomic E-state index is 13.2. The molecule has 2 aliphatic heterocycles. The average molecular weight is 448 g/mol. The highest BCUT2D eigenvalue weighted by molar-refractivity contribution is 5.89. The fraction of sp³-hybridized carbons (Fsp3) is 0.652. The number of ether oxygens (including phenoxy) is 3. The number of carbonyl (C=O) groups is 2. The number of nitrogens with one attached hydrogen (secondary N) is 2. The quantitative estimate of drug-likeness (QED) is 0.636. The number of carbonyl (C=O) groups excluding carboxylic acids is 2. The monoisotopic (exact) mass is 447 g/mol. The molecule has 9 heteroatoms. The molecule has 1 aromatic carbocycles. The molecular formula is C23H33N3O6. The number of anilines is 1. The zero-order valence-electron chi connectivity index (χ0n) is 18.5. The Balaban J connectivity index is 1.40. The molecule has 0 bridgehead atoms. The molecule has 9 nitrogen and oxygen atoms in total. The first-order chi connectivity index (χ1) is 15.5. The third-order valence-electron chi connectivity index (χ3n) is 6.45. The molecule has 1 aromatic rings. The molecule has 0 unspecified atom stereocenters. The summed E-state index contributed by atoms with van der Waals surface area (Å²) in [4.78, 5) is 27.1. The summed E-state index contributed by atoms with van der Waals surface area (Å²) < 4.78 is 17.1. The summed E-state index contributed by atoms with van der Waals surface area (Å²) >= 11 is 0. The SMILES string of the molecule is COc1cccc(NC(=O)N2C[C@H](O)COC[C@@H]3O[C@@H](CC(=O)NC4CCC4)CC[C@H]32)c1. The van der Waals surface area contributed by atoms with E-state index in [1.807, 2.05) is 0 Å². The van der Waals surface area contributed by atoms with E-state index in [0.717, 1.165) is 12.8 Å².